The summed E-state index contributed by atoms with van der Waals surface area (Å²) in [4.78, 5) is 4.80. The molecule has 0 radical (unpaired) electrons. The molecule has 2 rings (SSSR count). The summed E-state index contributed by atoms with van der Waals surface area (Å²) in [7, 11) is 0. The summed E-state index contributed by atoms with van der Waals surface area (Å²) in [5.41, 5.74) is 1.20. The van der Waals surface area contributed by atoms with E-state index < -0.39 is 0 Å². The summed E-state index contributed by atoms with van der Waals surface area (Å²) in [6.45, 7) is 11.0. The number of hydrogen-bond acceptors (Lipinski definition) is 3. The molecule has 0 fully saturated rings. The van der Waals surface area contributed by atoms with Crippen molar-refractivity contribution < 1.29 is 0 Å². The van der Waals surface area contributed by atoms with Crippen LogP contribution >= 0.6 is 34.9 Å². The van der Waals surface area contributed by atoms with Crippen LogP contribution in [-0.2, 0) is 0 Å². The van der Waals surface area contributed by atoms with Crippen LogP contribution in [0.15, 0.2) is 15.3 Å². The van der Waals surface area contributed by atoms with Crippen molar-refractivity contribution in [1.82, 2.24) is 4.72 Å². The maximum absolute atomic E-state index is 6.02. The Balaban J connectivity index is 2.13. The van der Waals surface area contributed by atoms with Crippen LogP contribution in [0.25, 0.3) is 0 Å². The zero-order chi connectivity index (χ0) is 14.3. The Morgan fingerprint density at radius 3 is 2.58 bits per heavy atom. The van der Waals surface area contributed by atoms with Gasteiger partial charge in [-0.2, -0.15) is 0 Å². The molecule has 0 atom stereocenters. The number of nitrogens with one attached hydrogen (secondary N) is 2. The molecule has 2 N–H and O–H groups in total. The summed E-state index contributed by atoms with van der Waals surface area (Å²) < 4.78 is 5.18. The number of guanidine groups is 1. The van der Waals surface area contributed by atoms with E-state index in [0.29, 0.717) is 0 Å². The fourth-order valence-corrected chi connectivity index (χ4v) is 4.57. The topological polar surface area (TPSA) is 36.4 Å². The molecule has 19 heavy (non-hydrogen) atoms. The van der Waals surface area contributed by atoms with Crippen LogP contribution in [0, 0.1) is 5.41 Å². The molecule has 1 aliphatic heterocycles. The maximum atomic E-state index is 6.02. The second-order valence-corrected chi connectivity index (χ2v) is 9.35. The fourth-order valence-electron chi connectivity index (χ4n) is 2.45. The molecule has 2 heterocycles. The highest BCUT2D eigenvalue weighted by Gasteiger charge is 2.27. The minimum Gasteiger partial charge on any atom is -0.324 e. The Hall–Kier alpha value is -0.390. The minimum atomic E-state index is -0.106. The van der Waals surface area contributed by atoms with Crippen molar-refractivity contribution in [3.05, 3.63) is 10.4 Å². The third kappa shape index (κ3) is 4.29. The highest BCUT2D eigenvalue weighted by Crippen LogP contribution is 2.39. The van der Waals surface area contributed by atoms with Gasteiger partial charge < -0.3 is 5.32 Å². The van der Waals surface area contributed by atoms with Gasteiger partial charge in [0.15, 0.2) is 0 Å². The second-order valence-electron chi connectivity index (χ2n) is 6.59. The molecule has 0 saturated carbocycles. The quantitative estimate of drug-likeness (QED) is 0.754. The van der Waals surface area contributed by atoms with Crippen molar-refractivity contribution in [2.75, 3.05) is 5.32 Å². The Morgan fingerprint density at radius 1 is 1.26 bits per heavy atom. The summed E-state index contributed by atoms with van der Waals surface area (Å²) >= 11 is 9.15. The summed E-state index contributed by atoms with van der Waals surface area (Å²) in [6, 6.07) is 1.95. The van der Waals surface area contributed by atoms with Crippen LogP contribution in [0.1, 0.15) is 41.0 Å². The Kier molecular flexibility index (Phi) is 4.10. The molecular weight excluding hydrogens is 298 g/mol. The van der Waals surface area contributed by atoms with Gasteiger partial charge >= 0.3 is 0 Å². The third-order valence-electron chi connectivity index (χ3n) is 2.54. The molecular formula is C13H20ClN3S2. The predicted octanol–water partition coefficient (Wildman–Crippen LogP) is 4.99. The molecule has 1 aromatic heterocycles. The number of fused-ring (bicyclic) bond motifs is 1. The SMILES string of the molecule is CC(C)(C)CC(C)(C)N=C1NSc2sc(Cl)cc2N1. The van der Waals surface area contributed by atoms with Crippen LogP contribution in [0.2, 0.25) is 4.34 Å². The lowest BCUT2D eigenvalue weighted by Gasteiger charge is -2.30. The first kappa shape index (κ1) is 15.0. The average Bonchev–Trinajstić information content (AvgIpc) is 2.52. The van der Waals surface area contributed by atoms with Crippen molar-refractivity contribution in [2.45, 2.75) is 50.8 Å². The Bertz CT molecular complexity index is 500. The number of halogens is 1. The third-order valence-corrected chi connectivity index (χ3v) is 4.80. The van der Waals surface area contributed by atoms with Gasteiger partial charge in [-0.05, 0) is 31.7 Å². The van der Waals surface area contributed by atoms with Gasteiger partial charge in [0.1, 0.15) is 4.21 Å². The normalized spacial score (nSPS) is 17.9. The van der Waals surface area contributed by atoms with Crippen LogP contribution in [0.5, 0.6) is 0 Å². The lowest BCUT2D eigenvalue weighted by molar-refractivity contribution is 0.288. The smallest absolute Gasteiger partial charge is 0.206 e. The molecule has 6 heteroatoms. The molecule has 0 bridgehead atoms. The van der Waals surface area contributed by atoms with E-state index >= 15 is 0 Å². The first-order chi connectivity index (χ1) is 8.65. The van der Waals surface area contributed by atoms with E-state index in [2.05, 4.69) is 44.7 Å². The van der Waals surface area contributed by atoms with Crippen molar-refractivity contribution in [1.29, 1.82) is 0 Å². The predicted molar refractivity (Wildman–Crippen MR) is 87.5 cm³/mol. The molecule has 0 spiro atoms. The fraction of sp³-hybridized carbons (Fsp3) is 0.615. The Morgan fingerprint density at radius 2 is 1.95 bits per heavy atom. The van der Waals surface area contributed by atoms with Crippen molar-refractivity contribution in [3.8, 4) is 0 Å². The van der Waals surface area contributed by atoms with Crippen LogP contribution in [0.3, 0.4) is 0 Å². The standard InChI is InChI=1S/C13H20ClN3S2/c1-12(2,3)7-13(4,5)16-11-15-8-6-9(14)18-10(8)19-17-11/h6H,7H2,1-5H3,(H2,15,16,17). The van der Waals surface area contributed by atoms with E-state index in [1.54, 1.807) is 23.3 Å². The minimum absolute atomic E-state index is 0.106. The lowest BCUT2D eigenvalue weighted by Crippen LogP contribution is -2.34. The van der Waals surface area contributed by atoms with Crippen LogP contribution in [-0.4, -0.2) is 11.5 Å². The van der Waals surface area contributed by atoms with Crippen molar-refractivity contribution >= 4 is 46.5 Å². The van der Waals surface area contributed by atoms with E-state index in [4.69, 9.17) is 16.6 Å². The first-order valence-electron chi connectivity index (χ1n) is 6.24. The van der Waals surface area contributed by atoms with Crippen molar-refractivity contribution in [2.24, 2.45) is 10.4 Å². The molecule has 106 valence electrons. The van der Waals surface area contributed by atoms with E-state index in [1.165, 1.54) is 0 Å². The summed E-state index contributed by atoms with van der Waals surface area (Å²) in [5, 5.41) is 3.30. The van der Waals surface area contributed by atoms with Gasteiger partial charge in [0, 0.05) is 11.9 Å². The number of thiophene rings is 1. The number of nitrogens with zero attached hydrogens (tertiary/aromatic N) is 1. The molecule has 0 saturated heterocycles. The van der Waals surface area contributed by atoms with Gasteiger partial charge in [0.2, 0.25) is 5.96 Å². The first-order valence-corrected chi connectivity index (χ1v) is 8.25. The Labute approximate surface area is 128 Å². The van der Waals surface area contributed by atoms with E-state index in [9.17, 15) is 0 Å². The van der Waals surface area contributed by atoms with Gasteiger partial charge in [-0.25, -0.2) is 4.99 Å². The van der Waals surface area contributed by atoms with E-state index in [0.717, 1.165) is 26.6 Å². The van der Waals surface area contributed by atoms with Crippen molar-refractivity contribution in [3.63, 3.8) is 0 Å². The zero-order valence-corrected chi connectivity index (χ0v) is 14.3. The van der Waals surface area contributed by atoms with E-state index in [-0.39, 0.29) is 11.0 Å². The molecule has 0 unspecified atom stereocenters. The maximum Gasteiger partial charge on any atom is 0.206 e. The second kappa shape index (κ2) is 5.19. The van der Waals surface area contributed by atoms with Gasteiger partial charge in [-0.1, -0.05) is 32.4 Å². The lowest BCUT2D eigenvalue weighted by atomic mass is 9.82. The monoisotopic (exact) mass is 317 g/mol. The molecule has 1 aliphatic rings. The number of rotatable bonds is 2. The molecule has 0 aliphatic carbocycles. The largest absolute Gasteiger partial charge is 0.324 e. The molecule has 3 nitrogen and oxygen atoms in total. The zero-order valence-electron chi connectivity index (χ0n) is 11.9. The molecule has 1 aromatic rings. The highest BCUT2D eigenvalue weighted by atomic mass is 35.5. The van der Waals surface area contributed by atoms with Gasteiger partial charge in [-0.3, -0.25) is 4.72 Å². The number of anilines is 1. The summed E-state index contributed by atoms with van der Waals surface area (Å²) in [6.07, 6.45) is 1.02. The number of aliphatic imine (C=N–C) groups is 1. The van der Waals surface area contributed by atoms with Crippen LogP contribution in [0.4, 0.5) is 5.69 Å². The molecule has 0 amide bonds. The average molecular weight is 318 g/mol. The van der Waals surface area contributed by atoms with Gasteiger partial charge in [0.05, 0.1) is 15.6 Å². The van der Waals surface area contributed by atoms with E-state index in [1.807, 2.05) is 6.07 Å². The number of hydrogen-bond donors (Lipinski definition) is 2. The molecule has 0 aromatic carbocycles. The van der Waals surface area contributed by atoms with Crippen LogP contribution < -0.4 is 10.0 Å². The van der Waals surface area contributed by atoms with Gasteiger partial charge in [-0.15, -0.1) is 11.3 Å². The van der Waals surface area contributed by atoms with Gasteiger partial charge in [0.25, 0.3) is 0 Å². The highest BCUT2D eigenvalue weighted by molar-refractivity contribution is 8.00. The summed E-state index contributed by atoms with van der Waals surface area (Å²) in [5.74, 6) is 0.807.